The van der Waals surface area contributed by atoms with Gasteiger partial charge in [-0.2, -0.15) is 0 Å². The van der Waals surface area contributed by atoms with Crippen molar-refractivity contribution in [1.82, 2.24) is 4.90 Å². The SMILES string of the molecule is C=C(CN(C)Cc1ccc(Br)cc1)C(=O)OCC. The normalized spacial score (nSPS) is 10.4. The molecule has 0 aromatic heterocycles. The monoisotopic (exact) mass is 311 g/mol. The molecule has 3 nitrogen and oxygen atoms in total. The Balaban J connectivity index is 2.46. The van der Waals surface area contributed by atoms with Gasteiger partial charge in [-0.3, -0.25) is 4.90 Å². The standard InChI is InChI=1S/C14H18BrNO2/c1-4-18-14(17)11(2)9-16(3)10-12-5-7-13(15)8-6-12/h5-8H,2,4,9-10H2,1,3H3. The quantitative estimate of drug-likeness (QED) is 0.597. The van der Waals surface area contributed by atoms with Crippen molar-refractivity contribution in [2.45, 2.75) is 13.5 Å². The molecule has 0 fully saturated rings. The molecule has 0 N–H and O–H groups in total. The summed E-state index contributed by atoms with van der Waals surface area (Å²) in [6.45, 7) is 7.20. The van der Waals surface area contributed by atoms with Crippen molar-refractivity contribution in [3.8, 4) is 0 Å². The van der Waals surface area contributed by atoms with Crippen LogP contribution in [0, 0.1) is 0 Å². The first-order chi connectivity index (χ1) is 8.52. The number of esters is 1. The molecular weight excluding hydrogens is 294 g/mol. The second-order valence-electron chi connectivity index (χ2n) is 4.12. The van der Waals surface area contributed by atoms with Crippen LogP contribution in [0.15, 0.2) is 40.9 Å². The summed E-state index contributed by atoms with van der Waals surface area (Å²) >= 11 is 3.40. The summed E-state index contributed by atoms with van der Waals surface area (Å²) in [6, 6.07) is 8.11. The third kappa shape index (κ3) is 5.02. The summed E-state index contributed by atoms with van der Waals surface area (Å²) in [7, 11) is 1.95. The predicted octanol–water partition coefficient (Wildman–Crippen LogP) is 3.00. The molecule has 0 unspecified atom stereocenters. The Morgan fingerprint density at radius 3 is 2.56 bits per heavy atom. The first kappa shape index (κ1) is 14.9. The number of likely N-dealkylation sites (N-methyl/N-ethyl adjacent to an activating group) is 1. The Kier molecular flexibility index (Phi) is 6.09. The number of carbonyl (C=O) groups excluding carboxylic acids is 1. The van der Waals surface area contributed by atoms with Gasteiger partial charge in [0, 0.05) is 23.1 Å². The average molecular weight is 312 g/mol. The number of rotatable bonds is 6. The number of hydrogen-bond donors (Lipinski definition) is 0. The number of halogens is 1. The molecule has 1 rings (SSSR count). The smallest absolute Gasteiger partial charge is 0.334 e. The average Bonchev–Trinajstić information content (AvgIpc) is 2.32. The minimum absolute atomic E-state index is 0.319. The fourth-order valence-corrected chi connectivity index (χ4v) is 1.85. The topological polar surface area (TPSA) is 29.5 Å². The number of carbonyl (C=O) groups is 1. The third-order valence-corrected chi connectivity index (χ3v) is 2.92. The molecule has 0 heterocycles. The van der Waals surface area contributed by atoms with Crippen LogP contribution in [0.25, 0.3) is 0 Å². The van der Waals surface area contributed by atoms with Crippen molar-refractivity contribution >= 4 is 21.9 Å². The highest BCUT2D eigenvalue weighted by molar-refractivity contribution is 9.10. The van der Waals surface area contributed by atoms with E-state index in [9.17, 15) is 4.79 Å². The van der Waals surface area contributed by atoms with Crippen molar-refractivity contribution < 1.29 is 9.53 Å². The highest BCUT2D eigenvalue weighted by Crippen LogP contribution is 2.12. The number of nitrogens with zero attached hydrogens (tertiary/aromatic N) is 1. The van der Waals surface area contributed by atoms with Gasteiger partial charge in [0.15, 0.2) is 0 Å². The predicted molar refractivity (Wildman–Crippen MR) is 76.2 cm³/mol. The van der Waals surface area contributed by atoms with Crippen LogP contribution in [0.1, 0.15) is 12.5 Å². The molecule has 18 heavy (non-hydrogen) atoms. The van der Waals surface area contributed by atoms with E-state index < -0.39 is 0 Å². The molecule has 0 bridgehead atoms. The highest BCUT2D eigenvalue weighted by Gasteiger charge is 2.10. The first-order valence-corrected chi connectivity index (χ1v) is 6.60. The molecule has 0 saturated heterocycles. The van der Waals surface area contributed by atoms with Crippen LogP contribution in [0.5, 0.6) is 0 Å². The molecule has 0 spiro atoms. The summed E-state index contributed by atoms with van der Waals surface area (Å²) in [6.07, 6.45) is 0. The van der Waals surface area contributed by atoms with Gasteiger partial charge >= 0.3 is 5.97 Å². The van der Waals surface area contributed by atoms with Gasteiger partial charge in [-0.15, -0.1) is 0 Å². The summed E-state index contributed by atoms with van der Waals surface area (Å²) in [5.41, 5.74) is 1.67. The fourth-order valence-electron chi connectivity index (χ4n) is 1.58. The van der Waals surface area contributed by atoms with Crippen LogP contribution in [0.3, 0.4) is 0 Å². The number of benzene rings is 1. The van der Waals surface area contributed by atoms with Gasteiger partial charge in [-0.05, 0) is 31.7 Å². The van der Waals surface area contributed by atoms with E-state index in [1.165, 1.54) is 5.56 Å². The summed E-state index contributed by atoms with van der Waals surface area (Å²) < 4.78 is 5.96. The maximum Gasteiger partial charge on any atom is 0.334 e. The molecule has 4 heteroatoms. The van der Waals surface area contributed by atoms with Gasteiger partial charge < -0.3 is 4.74 Å². The molecule has 0 saturated carbocycles. The molecule has 1 aromatic carbocycles. The van der Waals surface area contributed by atoms with Crippen LogP contribution < -0.4 is 0 Å². The van der Waals surface area contributed by atoms with Gasteiger partial charge in [0.25, 0.3) is 0 Å². The zero-order valence-electron chi connectivity index (χ0n) is 10.8. The van der Waals surface area contributed by atoms with E-state index in [0.717, 1.165) is 11.0 Å². The van der Waals surface area contributed by atoms with Crippen molar-refractivity contribution in [3.63, 3.8) is 0 Å². The Hall–Kier alpha value is -1.13. The molecule has 0 amide bonds. The van der Waals surface area contributed by atoms with E-state index in [1.807, 2.05) is 36.2 Å². The van der Waals surface area contributed by atoms with Crippen molar-refractivity contribution in [2.24, 2.45) is 0 Å². The van der Waals surface area contributed by atoms with Gasteiger partial charge in [0.1, 0.15) is 0 Å². The minimum atomic E-state index is -0.319. The van der Waals surface area contributed by atoms with E-state index in [-0.39, 0.29) is 5.97 Å². The molecule has 0 aliphatic heterocycles. The molecule has 98 valence electrons. The fraction of sp³-hybridized carbons (Fsp3) is 0.357. The lowest BCUT2D eigenvalue weighted by Crippen LogP contribution is -2.24. The summed E-state index contributed by atoms with van der Waals surface area (Å²) in [4.78, 5) is 13.5. The second-order valence-corrected chi connectivity index (χ2v) is 5.04. The zero-order valence-corrected chi connectivity index (χ0v) is 12.4. The van der Waals surface area contributed by atoms with Crippen LogP contribution >= 0.6 is 15.9 Å². The van der Waals surface area contributed by atoms with Gasteiger partial charge in [-0.25, -0.2) is 4.79 Å². The lowest BCUT2D eigenvalue weighted by atomic mass is 10.2. The molecule has 1 aromatic rings. The molecule has 0 aliphatic rings. The van der Waals surface area contributed by atoms with E-state index >= 15 is 0 Å². The second kappa shape index (κ2) is 7.34. The van der Waals surface area contributed by atoms with Crippen LogP contribution in [-0.2, 0) is 16.1 Å². The third-order valence-electron chi connectivity index (χ3n) is 2.39. The van der Waals surface area contributed by atoms with Crippen molar-refractivity contribution in [2.75, 3.05) is 20.2 Å². The van der Waals surface area contributed by atoms with Crippen LogP contribution in [0.2, 0.25) is 0 Å². The molecular formula is C14H18BrNO2. The first-order valence-electron chi connectivity index (χ1n) is 5.80. The van der Waals surface area contributed by atoms with Crippen molar-refractivity contribution in [1.29, 1.82) is 0 Å². The number of hydrogen-bond acceptors (Lipinski definition) is 3. The highest BCUT2D eigenvalue weighted by atomic mass is 79.9. The lowest BCUT2D eigenvalue weighted by Gasteiger charge is -2.17. The van der Waals surface area contributed by atoms with E-state index in [2.05, 4.69) is 22.5 Å². The number of ether oxygens (including phenoxy) is 1. The Morgan fingerprint density at radius 1 is 1.39 bits per heavy atom. The van der Waals surface area contributed by atoms with Crippen LogP contribution in [0.4, 0.5) is 0 Å². The molecule has 0 atom stereocenters. The van der Waals surface area contributed by atoms with E-state index in [1.54, 1.807) is 6.92 Å². The minimum Gasteiger partial charge on any atom is -0.463 e. The summed E-state index contributed by atoms with van der Waals surface area (Å²) in [5.74, 6) is -0.319. The van der Waals surface area contributed by atoms with Gasteiger partial charge in [0.05, 0.1) is 6.61 Å². The maximum absolute atomic E-state index is 11.4. The van der Waals surface area contributed by atoms with Crippen molar-refractivity contribution in [3.05, 3.63) is 46.5 Å². The van der Waals surface area contributed by atoms with E-state index in [0.29, 0.717) is 18.7 Å². The molecule has 0 aliphatic carbocycles. The Bertz CT molecular complexity index is 414. The largest absolute Gasteiger partial charge is 0.463 e. The Labute approximate surface area is 117 Å². The van der Waals surface area contributed by atoms with E-state index in [4.69, 9.17) is 4.74 Å². The molecule has 0 radical (unpaired) electrons. The van der Waals surface area contributed by atoms with Crippen LogP contribution in [-0.4, -0.2) is 31.1 Å². The Morgan fingerprint density at radius 2 is 2.00 bits per heavy atom. The van der Waals surface area contributed by atoms with Gasteiger partial charge in [-0.1, -0.05) is 34.6 Å². The zero-order chi connectivity index (χ0) is 13.5. The summed E-state index contributed by atoms with van der Waals surface area (Å²) in [5, 5.41) is 0. The lowest BCUT2D eigenvalue weighted by molar-refractivity contribution is -0.138. The van der Waals surface area contributed by atoms with Gasteiger partial charge in [0.2, 0.25) is 0 Å². The maximum atomic E-state index is 11.4.